The first-order chi connectivity index (χ1) is 11.7. The van der Waals surface area contributed by atoms with Crippen molar-refractivity contribution in [3.8, 4) is 17.1 Å². The van der Waals surface area contributed by atoms with Crippen LogP contribution in [0, 0.1) is 0 Å². The molecule has 1 N–H and O–H groups in total. The Morgan fingerprint density at radius 3 is 2.88 bits per heavy atom. The molecule has 3 rings (SSSR count). The van der Waals surface area contributed by atoms with Crippen LogP contribution in [0.2, 0.25) is 0 Å². The molecular formula is C17H16N4O3. The van der Waals surface area contributed by atoms with Gasteiger partial charge in [0.1, 0.15) is 5.75 Å². The van der Waals surface area contributed by atoms with Gasteiger partial charge >= 0.3 is 0 Å². The quantitative estimate of drug-likeness (QED) is 0.750. The Morgan fingerprint density at radius 2 is 2.08 bits per heavy atom. The average Bonchev–Trinajstić information content (AvgIpc) is 3.10. The van der Waals surface area contributed by atoms with Crippen LogP contribution in [0.4, 0.5) is 5.69 Å². The highest BCUT2D eigenvalue weighted by molar-refractivity contribution is 5.90. The maximum Gasteiger partial charge on any atom is 0.227 e. The SMILES string of the molecule is COc1cccc(NC(=O)CCc2nc(-c3ccncc3)no2)c1. The molecular weight excluding hydrogens is 308 g/mol. The lowest BCUT2D eigenvalue weighted by molar-refractivity contribution is -0.116. The smallest absolute Gasteiger partial charge is 0.227 e. The summed E-state index contributed by atoms with van der Waals surface area (Å²) in [6.07, 6.45) is 3.93. The molecule has 0 unspecified atom stereocenters. The van der Waals surface area contributed by atoms with Crippen molar-refractivity contribution in [1.29, 1.82) is 0 Å². The van der Waals surface area contributed by atoms with Gasteiger partial charge in [0.25, 0.3) is 0 Å². The largest absolute Gasteiger partial charge is 0.497 e. The Kier molecular flexibility index (Phi) is 4.81. The van der Waals surface area contributed by atoms with Crippen LogP contribution in [0.15, 0.2) is 53.3 Å². The minimum atomic E-state index is -0.132. The Morgan fingerprint density at radius 1 is 1.25 bits per heavy atom. The van der Waals surface area contributed by atoms with Crippen LogP contribution in [0.3, 0.4) is 0 Å². The number of ether oxygens (including phenoxy) is 1. The number of nitrogens with zero attached hydrogens (tertiary/aromatic N) is 3. The second-order valence-electron chi connectivity index (χ2n) is 5.03. The molecule has 0 atom stereocenters. The van der Waals surface area contributed by atoms with Gasteiger partial charge in [0.15, 0.2) is 0 Å². The minimum absolute atomic E-state index is 0.132. The zero-order chi connectivity index (χ0) is 16.8. The van der Waals surface area contributed by atoms with Gasteiger partial charge in [-0.05, 0) is 24.3 Å². The van der Waals surface area contributed by atoms with Gasteiger partial charge in [-0.15, -0.1) is 0 Å². The van der Waals surface area contributed by atoms with E-state index in [-0.39, 0.29) is 12.3 Å². The number of hydrogen-bond acceptors (Lipinski definition) is 6. The average molecular weight is 324 g/mol. The van der Waals surface area contributed by atoms with Gasteiger partial charge in [0.2, 0.25) is 17.6 Å². The van der Waals surface area contributed by atoms with Gasteiger partial charge in [-0.25, -0.2) is 0 Å². The zero-order valence-electron chi connectivity index (χ0n) is 13.1. The number of aromatic nitrogens is 3. The van der Waals surface area contributed by atoms with E-state index in [2.05, 4.69) is 20.4 Å². The molecule has 1 amide bonds. The third kappa shape index (κ3) is 3.95. The summed E-state index contributed by atoms with van der Waals surface area (Å²) in [6.45, 7) is 0. The second kappa shape index (κ2) is 7.36. The van der Waals surface area contributed by atoms with Crippen molar-refractivity contribution < 1.29 is 14.1 Å². The van der Waals surface area contributed by atoms with Gasteiger partial charge in [0, 0.05) is 42.6 Å². The molecule has 0 saturated heterocycles. The topological polar surface area (TPSA) is 90.1 Å². The summed E-state index contributed by atoms with van der Waals surface area (Å²) in [4.78, 5) is 20.2. The number of anilines is 1. The Balaban J connectivity index is 1.56. The predicted octanol–water partition coefficient (Wildman–Crippen LogP) is 2.71. The number of benzene rings is 1. The Bertz CT molecular complexity index is 817. The molecule has 0 radical (unpaired) electrons. The van der Waals surface area contributed by atoms with Crippen molar-refractivity contribution in [3.05, 3.63) is 54.7 Å². The van der Waals surface area contributed by atoms with Crippen LogP contribution in [-0.2, 0) is 11.2 Å². The van der Waals surface area contributed by atoms with Crippen molar-refractivity contribution in [1.82, 2.24) is 15.1 Å². The van der Waals surface area contributed by atoms with Crippen LogP contribution in [-0.4, -0.2) is 28.1 Å². The molecule has 0 saturated carbocycles. The first-order valence-corrected chi connectivity index (χ1v) is 7.41. The van der Waals surface area contributed by atoms with Gasteiger partial charge < -0.3 is 14.6 Å². The van der Waals surface area contributed by atoms with E-state index >= 15 is 0 Å². The molecule has 0 aliphatic heterocycles. The van der Waals surface area contributed by atoms with Crippen molar-refractivity contribution in [2.45, 2.75) is 12.8 Å². The molecule has 24 heavy (non-hydrogen) atoms. The number of methoxy groups -OCH3 is 1. The Labute approximate surface area is 138 Å². The van der Waals surface area contributed by atoms with Gasteiger partial charge in [0.05, 0.1) is 7.11 Å². The van der Waals surface area contributed by atoms with Crippen LogP contribution < -0.4 is 10.1 Å². The van der Waals surface area contributed by atoms with E-state index in [1.807, 2.05) is 12.1 Å². The van der Waals surface area contributed by atoms with Crippen molar-refractivity contribution >= 4 is 11.6 Å². The number of amides is 1. The maximum absolute atomic E-state index is 12.0. The Hall–Kier alpha value is -3.22. The van der Waals surface area contributed by atoms with Crippen molar-refractivity contribution in [2.24, 2.45) is 0 Å². The van der Waals surface area contributed by atoms with E-state index in [0.717, 1.165) is 5.56 Å². The summed E-state index contributed by atoms with van der Waals surface area (Å²) >= 11 is 0. The molecule has 7 heteroatoms. The van der Waals surface area contributed by atoms with Gasteiger partial charge in [-0.1, -0.05) is 11.2 Å². The molecule has 2 aromatic heterocycles. The number of nitrogens with one attached hydrogen (secondary N) is 1. The second-order valence-corrected chi connectivity index (χ2v) is 5.03. The molecule has 7 nitrogen and oxygen atoms in total. The summed E-state index contributed by atoms with van der Waals surface area (Å²) < 4.78 is 10.3. The lowest BCUT2D eigenvalue weighted by atomic mass is 10.2. The van der Waals surface area contributed by atoms with Crippen molar-refractivity contribution in [2.75, 3.05) is 12.4 Å². The zero-order valence-corrected chi connectivity index (χ0v) is 13.1. The monoisotopic (exact) mass is 324 g/mol. The number of carbonyl (C=O) groups excluding carboxylic acids is 1. The molecule has 1 aromatic carbocycles. The van der Waals surface area contributed by atoms with Crippen LogP contribution in [0.5, 0.6) is 5.75 Å². The summed E-state index contributed by atoms with van der Waals surface area (Å²) in [5.74, 6) is 1.46. The molecule has 122 valence electrons. The first-order valence-electron chi connectivity index (χ1n) is 7.41. The molecule has 3 aromatic rings. The molecule has 0 spiro atoms. The standard InChI is InChI=1S/C17H16N4O3/c1-23-14-4-2-3-13(11-14)19-15(22)5-6-16-20-17(21-24-16)12-7-9-18-10-8-12/h2-4,7-11H,5-6H2,1H3,(H,19,22). The number of hydrogen-bond donors (Lipinski definition) is 1. The summed E-state index contributed by atoms with van der Waals surface area (Å²) in [5.41, 5.74) is 1.50. The number of carbonyl (C=O) groups is 1. The van der Waals surface area contributed by atoms with Crippen molar-refractivity contribution in [3.63, 3.8) is 0 Å². The summed E-state index contributed by atoms with van der Waals surface area (Å²) in [6, 6.07) is 10.8. The third-order valence-corrected chi connectivity index (χ3v) is 3.33. The number of aryl methyl sites for hydroxylation is 1. The number of rotatable bonds is 6. The fourth-order valence-electron chi connectivity index (χ4n) is 2.12. The normalized spacial score (nSPS) is 10.4. The number of pyridine rings is 1. The third-order valence-electron chi connectivity index (χ3n) is 3.33. The summed E-state index contributed by atoms with van der Waals surface area (Å²) in [7, 11) is 1.58. The minimum Gasteiger partial charge on any atom is -0.497 e. The lowest BCUT2D eigenvalue weighted by Gasteiger charge is -2.06. The van der Waals surface area contributed by atoms with E-state index in [0.29, 0.717) is 29.6 Å². The first kappa shape index (κ1) is 15.7. The highest BCUT2D eigenvalue weighted by Crippen LogP contribution is 2.17. The fraction of sp³-hybridized carbons (Fsp3) is 0.176. The van der Waals surface area contributed by atoms with E-state index in [4.69, 9.17) is 9.26 Å². The van der Waals surface area contributed by atoms with E-state index < -0.39 is 0 Å². The molecule has 2 heterocycles. The van der Waals surface area contributed by atoms with E-state index in [9.17, 15) is 4.79 Å². The van der Waals surface area contributed by atoms with Gasteiger partial charge in [-0.3, -0.25) is 9.78 Å². The van der Waals surface area contributed by atoms with Crippen LogP contribution in [0.25, 0.3) is 11.4 Å². The molecule has 0 aliphatic rings. The molecule has 0 fully saturated rings. The van der Waals surface area contributed by atoms with Crippen LogP contribution >= 0.6 is 0 Å². The maximum atomic E-state index is 12.0. The molecule has 0 bridgehead atoms. The van der Waals surface area contributed by atoms with Crippen LogP contribution in [0.1, 0.15) is 12.3 Å². The summed E-state index contributed by atoms with van der Waals surface area (Å²) in [5, 5.41) is 6.72. The molecule has 0 aliphatic carbocycles. The van der Waals surface area contributed by atoms with E-state index in [1.54, 1.807) is 43.8 Å². The highest BCUT2D eigenvalue weighted by atomic mass is 16.5. The fourth-order valence-corrected chi connectivity index (χ4v) is 2.12. The highest BCUT2D eigenvalue weighted by Gasteiger charge is 2.11. The van der Waals surface area contributed by atoms with E-state index in [1.165, 1.54) is 0 Å². The van der Waals surface area contributed by atoms with Gasteiger partial charge in [-0.2, -0.15) is 4.98 Å². The predicted molar refractivity (Wildman–Crippen MR) is 87.5 cm³/mol. The lowest BCUT2D eigenvalue weighted by Crippen LogP contribution is -2.12.